The molecule has 1 aromatic rings. The maximum absolute atomic E-state index is 10.4. The standard InChI is InChI=1S/C15H26N2O/c1-4-13-11(2)16-17(12(13)3)14-9-7-5-6-8-10-15(14)18/h14-15,18H,4-10H2,1-3H3. The van der Waals surface area contributed by atoms with Crippen molar-refractivity contribution in [2.24, 2.45) is 0 Å². The van der Waals surface area contributed by atoms with Crippen molar-refractivity contribution < 1.29 is 5.11 Å². The summed E-state index contributed by atoms with van der Waals surface area (Å²) in [5.74, 6) is 0. The molecule has 0 aromatic carbocycles. The highest BCUT2D eigenvalue weighted by Gasteiger charge is 2.25. The molecular weight excluding hydrogens is 224 g/mol. The van der Waals surface area contributed by atoms with E-state index in [1.54, 1.807) is 0 Å². The Morgan fingerprint density at radius 3 is 2.44 bits per heavy atom. The van der Waals surface area contributed by atoms with Crippen LogP contribution >= 0.6 is 0 Å². The predicted molar refractivity (Wildman–Crippen MR) is 73.8 cm³/mol. The van der Waals surface area contributed by atoms with Gasteiger partial charge in [0.1, 0.15) is 0 Å². The highest BCUT2D eigenvalue weighted by molar-refractivity contribution is 5.24. The van der Waals surface area contributed by atoms with Crippen LogP contribution < -0.4 is 0 Å². The average molecular weight is 250 g/mol. The topological polar surface area (TPSA) is 38.0 Å². The van der Waals surface area contributed by atoms with Gasteiger partial charge in [-0.2, -0.15) is 5.10 Å². The number of aryl methyl sites for hydroxylation is 1. The van der Waals surface area contributed by atoms with Gasteiger partial charge in [-0.25, -0.2) is 0 Å². The molecule has 102 valence electrons. The molecule has 2 rings (SSSR count). The molecule has 0 bridgehead atoms. The van der Waals surface area contributed by atoms with E-state index in [4.69, 9.17) is 0 Å². The Kier molecular flexibility index (Phi) is 4.44. The number of aliphatic hydroxyl groups is 1. The summed E-state index contributed by atoms with van der Waals surface area (Å²) in [7, 11) is 0. The summed E-state index contributed by atoms with van der Waals surface area (Å²) in [5, 5.41) is 15.0. The van der Waals surface area contributed by atoms with E-state index in [1.165, 1.54) is 30.5 Å². The zero-order chi connectivity index (χ0) is 13.1. The van der Waals surface area contributed by atoms with Gasteiger partial charge in [0.15, 0.2) is 0 Å². The first-order valence-electron chi connectivity index (χ1n) is 7.37. The third-order valence-corrected chi connectivity index (χ3v) is 4.34. The summed E-state index contributed by atoms with van der Waals surface area (Å²) in [4.78, 5) is 0. The van der Waals surface area contributed by atoms with Crippen molar-refractivity contribution >= 4 is 0 Å². The zero-order valence-corrected chi connectivity index (χ0v) is 11.9. The van der Waals surface area contributed by atoms with Gasteiger partial charge in [0.25, 0.3) is 0 Å². The molecule has 1 aliphatic carbocycles. The van der Waals surface area contributed by atoms with E-state index in [-0.39, 0.29) is 12.1 Å². The van der Waals surface area contributed by atoms with Crippen LogP contribution in [0, 0.1) is 13.8 Å². The van der Waals surface area contributed by atoms with Crippen LogP contribution in [0.5, 0.6) is 0 Å². The maximum atomic E-state index is 10.4. The van der Waals surface area contributed by atoms with Crippen LogP contribution in [0.25, 0.3) is 0 Å². The van der Waals surface area contributed by atoms with Crippen LogP contribution in [-0.2, 0) is 6.42 Å². The molecule has 0 amide bonds. The Bertz CT molecular complexity index is 397. The molecule has 0 spiro atoms. The predicted octanol–water partition coefficient (Wildman–Crippen LogP) is 3.32. The molecule has 18 heavy (non-hydrogen) atoms. The SMILES string of the molecule is CCc1c(C)nn(C2CCCCCCC2O)c1C. The molecule has 2 atom stereocenters. The minimum atomic E-state index is -0.229. The first kappa shape index (κ1) is 13.6. The van der Waals surface area contributed by atoms with Gasteiger partial charge >= 0.3 is 0 Å². The van der Waals surface area contributed by atoms with Gasteiger partial charge in [-0.3, -0.25) is 4.68 Å². The summed E-state index contributed by atoms with van der Waals surface area (Å²) >= 11 is 0. The van der Waals surface area contributed by atoms with E-state index < -0.39 is 0 Å². The van der Waals surface area contributed by atoms with Crippen LogP contribution in [0.1, 0.15) is 68.4 Å². The molecule has 0 saturated heterocycles. The number of aliphatic hydroxyl groups excluding tert-OH is 1. The Morgan fingerprint density at radius 2 is 1.83 bits per heavy atom. The molecule has 1 heterocycles. The summed E-state index contributed by atoms with van der Waals surface area (Å²) < 4.78 is 2.10. The molecule has 1 N–H and O–H groups in total. The van der Waals surface area contributed by atoms with Gasteiger partial charge in [-0.1, -0.05) is 32.6 Å². The van der Waals surface area contributed by atoms with Gasteiger partial charge in [-0.15, -0.1) is 0 Å². The molecule has 3 nitrogen and oxygen atoms in total. The second kappa shape index (κ2) is 5.87. The lowest BCUT2D eigenvalue weighted by molar-refractivity contribution is 0.0814. The van der Waals surface area contributed by atoms with Gasteiger partial charge in [0.05, 0.1) is 17.8 Å². The number of nitrogens with zero attached hydrogens (tertiary/aromatic N) is 2. The van der Waals surface area contributed by atoms with Gasteiger partial charge in [0.2, 0.25) is 0 Å². The van der Waals surface area contributed by atoms with E-state index >= 15 is 0 Å². The number of aromatic nitrogens is 2. The number of hydrogen-bond donors (Lipinski definition) is 1. The third-order valence-electron chi connectivity index (χ3n) is 4.34. The summed E-state index contributed by atoms with van der Waals surface area (Å²) in [6.45, 7) is 6.40. The van der Waals surface area contributed by atoms with Crippen LogP contribution in [0.15, 0.2) is 0 Å². The van der Waals surface area contributed by atoms with E-state index in [1.807, 2.05) is 0 Å². The summed E-state index contributed by atoms with van der Waals surface area (Å²) in [5.41, 5.74) is 3.73. The van der Waals surface area contributed by atoms with Crippen LogP contribution in [-0.4, -0.2) is 21.0 Å². The maximum Gasteiger partial charge on any atom is 0.0781 e. The zero-order valence-electron chi connectivity index (χ0n) is 11.9. The van der Waals surface area contributed by atoms with Gasteiger partial charge < -0.3 is 5.11 Å². The molecule has 1 fully saturated rings. The molecule has 3 heteroatoms. The van der Waals surface area contributed by atoms with Crippen LogP contribution in [0.4, 0.5) is 0 Å². The van der Waals surface area contributed by atoms with Crippen LogP contribution in [0.3, 0.4) is 0 Å². The summed E-state index contributed by atoms with van der Waals surface area (Å²) in [6.07, 6.45) is 7.70. The summed E-state index contributed by atoms with van der Waals surface area (Å²) in [6, 6.07) is 0.185. The molecule has 0 radical (unpaired) electrons. The van der Waals surface area contributed by atoms with Crippen molar-refractivity contribution in [1.82, 2.24) is 9.78 Å². The Balaban J connectivity index is 2.27. The molecule has 1 aromatic heterocycles. The second-order valence-electron chi connectivity index (χ2n) is 5.57. The van der Waals surface area contributed by atoms with Crippen molar-refractivity contribution in [2.75, 3.05) is 0 Å². The van der Waals surface area contributed by atoms with E-state index in [2.05, 4.69) is 30.6 Å². The van der Waals surface area contributed by atoms with Gasteiger partial charge in [-0.05, 0) is 38.7 Å². The van der Waals surface area contributed by atoms with E-state index in [0.29, 0.717) is 0 Å². The van der Waals surface area contributed by atoms with Crippen LogP contribution in [0.2, 0.25) is 0 Å². The van der Waals surface area contributed by atoms with E-state index in [0.717, 1.165) is 31.4 Å². The van der Waals surface area contributed by atoms with Crippen molar-refractivity contribution in [2.45, 2.75) is 77.9 Å². The number of rotatable bonds is 2. The fraction of sp³-hybridized carbons (Fsp3) is 0.800. The lowest BCUT2D eigenvalue weighted by atomic mass is 9.94. The molecule has 0 aliphatic heterocycles. The smallest absolute Gasteiger partial charge is 0.0781 e. The molecule has 2 unspecified atom stereocenters. The minimum Gasteiger partial charge on any atom is -0.391 e. The normalized spacial score (nSPS) is 25.8. The minimum absolute atomic E-state index is 0.185. The fourth-order valence-electron chi connectivity index (χ4n) is 3.26. The van der Waals surface area contributed by atoms with Crippen molar-refractivity contribution in [3.05, 3.63) is 17.0 Å². The first-order chi connectivity index (χ1) is 8.65. The molecule has 1 saturated carbocycles. The third kappa shape index (κ3) is 2.61. The quantitative estimate of drug-likeness (QED) is 0.874. The number of hydrogen-bond acceptors (Lipinski definition) is 2. The molecular formula is C15H26N2O. The van der Waals surface area contributed by atoms with E-state index in [9.17, 15) is 5.11 Å². The Labute approximate surface area is 110 Å². The average Bonchev–Trinajstić information content (AvgIpc) is 2.60. The lowest BCUT2D eigenvalue weighted by Crippen LogP contribution is -2.27. The van der Waals surface area contributed by atoms with Crippen molar-refractivity contribution in [1.29, 1.82) is 0 Å². The first-order valence-corrected chi connectivity index (χ1v) is 7.37. The highest BCUT2D eigenvalue weighted by Crippen LogP contribution is 2.29. The largest absolute Gasteiger partial charge is 0.391 e. The highest BCUT2D eigenvalue weighted by atomic mass is 16.3. The fourth-order valence-corrected chi connectivity index (χ4v) is 3.26. The lowest BCUT2D eigenvalue weighted by Gasteiger charge is -2.27. The second-order valence-corrected chi connectivity index (χ2v) is 5.57. The Morgan fingerprint density at radius 1 is 1.17 bits per heavy atom. The van der Waals surface area contributed by atoms with Gasteiger partial charge in [0, 0.05) is 5.69 Å². The van der Waals surface area contributed by atoms with Crippen molar-refractivity contribution in [3.8, 4) is 0 Å². The molecule has 1 aliphatic rings. The Hall–Kier alpha value is -0.830. The monoisotopic (exact) mass is 250 g/mol. The van der Waals surface area contributed by atoms with Crippen molar-refractivity contribution in [3.63, 3.8) is 0 Å².